The van der Waals surface area contributed by atoms with Crippen molar-refractivity contribution in [3.05, 3.63) is 64.5 Å². The molecule has 2 rings (SSSR count). The van der Waals surface area contributed by atoms with Gasteiger partial charge in [-0.15, -0.1) is 0 Å². The summed E-state index contributed by atoms with van der Waals surface area (Å²) in [5.41, 5.74) is -0.920. The van der Waals surface area contributed by atoms with E-state index in [0.29, 0.717) is 24.3 Å². The third-order valence-corrected chi connectivity index (χ3v) is 2.63. The van der Waals surface area contributed by atoms with E-state index in [4.69, 9.17) is 11.8 Å². The van der Waals surface area contributed by atoms with Crippen LogP contribution in [-0.4, -0.2) is 0 Å². The average Bonchev–Trinajstić information content (AvgIpc) is 2.43. The second-order valence-corrected chi connectivity index (χ2v) is 3.82. The molecule has 0 atom stereocenters. The lowest BCUT2D eigenvalue weighted by Gasteiger charge is -2.08. The SMILES string of the molecule is [C-]#[N+]c1cc(F)c(F)cc1-c1cc(F)c(F)cc1C#N. The van der Waals surface area contributed by atoms with E-state index in [2.05, 4.69) is 4.85 Å². The molecule has 0 bridgehead atoms. The first kappa shape index (κ1) is 13.6. The zero-order valence-corrected chi connectivity index (χ0v) is 9.72. The van der Waals surface area contributed by atoms with Crippen LogP contribution in [0.3, 0.4) is 0 Å². The molecule has 0 radical (unpaired) electrons. The first-order valence-corrected chi connectivity index (χ1v) is 5.24. The summed E-state index contributed by atoms with van der Waals surface area (Å²) in [6.45, 7) is 6.91. The van der Waals surface area contributed by atoms with Crippen molar-refractivity contribution in [2.24, 2.45) is 0 Å². The molecule has 0 N–H and O–H groups in total. The first-order valence-electron chi connectivity index (χ1n) is 5.24. The molecule has 0 heterocycles. The quantitative estimate of drug-likeness (QED) is 0.562. The molecule has 0 unspecified atom stereocenters. The fraction of sp³-hybridized carbons (Fsp3) is 0. The molecule has 0 spiro atoms. The Kier molecular flexibility index (Phi) is 3.41. The zero-order chi connectivity index (χ0) is 14.9. The van der Waals surface area contributed by atoms with Crippen molar-refractivity contribution in [1.82, 2.24) is 0 Å². The Morgan fingerprint density at radius 2 is 1.35 bits per heavy atom. The smallest absolute Gasteiger partial charge is 0.198 e. The summed E-state index contributed by atoms with van der Waals surface area (Å²) in [4.78, 5) is 2.99. The predicted octanol–water partition coefficient (Wildman–Crippen LogP) is 4.33. The van der Waals surface area contributed by atoms with Gasteiger partial charge in [-0.2, -0.15) is 5.26 Å². The Bertz CT molecular complexity index is 718. The predicted molar refractivity (Wildman–Crippen MR) is 62.7 cm³/mol. The van der Waals surface area contributed by atoms with Gasteiger partial charge in [-0.3, -0.25) is 0 Å². The van der Waals surface area contributed by atoms with Gasteiger partial charge in [0.05, 0.1) is 18.2 Å². The van der Waals surface area contributed by atoms with Gasteiger partial charge in [-0.25, -0.2) is 22.4 Å². The maximum absolute atomic E-state index is 13.3. The summed E-state index contributed by atoms with van der Waals surface area (Å²) >= 11 is 0. The lowest BCUT2D eigenvalue weighted by atomic mass is 9.98. The minimum Gasteiger partial charge on any atom is -0.237 e. The number of rotatable bonds is 1. The summed E-state index contributed by atoms with van der Waals surface area (Å²) in [7, 11) is 0. The molecule has 2 aromatic rings. The van der Waals surface area contributed by atoms with E-state index in [0.717, 1.165) is 0 Å². The third kappa shape index (κ3) is 2.19. The van der Waals surface area contributed by atoms with Crippen molar-refractivity contribution < 1.29 is 17.6 Å². The van der Waals surface area contributed by atoms with Gasteiger partial charge in [-0.05, 0) is 35.4 Å². The first-order chi connectivity index (χ1) is 9.47. The minimum absolute atomic E-state index is 0.170. The molecule has 0 amide bonds. The molecular weight excluding hydrogens is 272 g/mol. The van der Waals surface area contributed by atoms with Crippen molar-refractivity contribution in [2.45, 2.75) is 0 Å². The highest BCUT2D eigenvalue weighted by atomic mass is 19.2. The van der Waals surface area contributed by atoms with Crippen molar-refractivity contribution in [3.8, 4) is 17.2 Å². The highest BCUT2D eigenvalue weighted by Gasteiger charge is 2.17. The molecule has 0 aliphatic rings. The van der Waals surface area contributed by atoms with Crippen LogP contribution in [0.4, 0.5) is 23.2 Å². The molecule has 20 heavy (non-hydrogen) atoms. The summed E-state index contributed by atoms with van der Waals surface area (Å²) in [5.74, 6) is -4.97. The molecule has 0 saturated carbocycles. The molecule has 6 heteroatoms. The van der Waals surface area contributed by atoms with E-state index in [1.165, 1.54) is 0 Å². The Balaban J connectivity index is 2.82. The van der Waals surface area contributed by atoms with Crippen LogP contribution in [0, 0.1) is 41.2 Å². The van der Waals surface area contributed by atoms with E-state index in [1.54, 1.807) is 6.07 Å². The van der Waals surface area contributed by atoms with Crippen LogP contribution in [0.1, 0.15) is 5.56 Å². The Hall–Kier alpha value is -2.86. The fourth-order valence-electron chi connectivity index (χ4n) is 1.71. The topological polar surface area (TPSA) is 28.1 Å². The van der Waals surface area contributed by atoms with Gasteiger partial charge in [0.25, 0.3) is 0 Å². The minimum atomic E-state index is -1.25. The van der Waals surface area contributed by atoms with Crippen LogP contribution in [-0.2, 0) is 0 Å². The molecular formula is C14H4F4N2. The Labute approximate surface area is 111 Å². The van der Waals surface area contributed by atoms with Gasteiger partial charge in [-0.1, -0.05) is 0 Å². The van der Waals surface area contributed by atoms with E-state index in [9.17, 15) is 17.6 Å². The highest BCUT2D eigenvalue weighted by molar-refractivity contribution is 5.82. The van der Waals surface area contributed by atoms with Crippen molar-refractivity contribution in [1.29, 1.82) is 5.26 Å². The Morgan fingerprint density at radius 1 is 0.850 bits per heavy atom. The Morgan fingerprint density at radius 3 is 1.90 bits per heavy atom. The van der Waals surface area contributed by atoms with E-state index < -0.39 is 23.3 Å². The number of benzene rings is 2. The fourth-order valence-corrected chi connectivity index (χ4v) is 1.71. The van der Waals surface area contributed by atoms with Gasteiger partial charge >= 0.3 is 0 Å². The van der Waals surface area contributed by atoms with Crippen molar-refractivity contribution in [2.75, 3.05) is 0 Å². The van der Waals surface area contributed by atoms with Crippen LogP contribution >= 0.6 is 0 Å². The van der Waals surface area contributed by atoms with Crippen LogP contribution in [0.2, 0.25) is 0 Å². The molecule has 0 fully saturated rings. The average molecular weight is 276 g/mol. The van der Waals surface area contributed by atoms with Gasteiger partial charge in [0.2, 0.25) is 0 Å². The van der Waals surface area contributed by atoms with Gasteiger partial charge < -0.3 is 0 Å². The van der Waals surface area contributed by atoms with E-state index >= 15 is 0 Å². The lowest BCUT2D eigenvalue weighted by Crippen LogP contribution is -1.93. The summed E-state index contributed by atoms with van der Waals surface area (Å²) in [5, 5.41) is 8.90. The van der Waals surface area contributed by atoms with Crippen LogP contribution < -0.4 is 0 Å². The number of halogens is 4. The van der Waals surface area contributed by atoms with Gasteiger partial charge in [0, 0.05) is 0 Å². The summed E-state index contributed by atoms with van der Waals surface area (Å²) in [6, 6.07) is 4.25. The standard InChI is InChI=1S/C14H4F4N2/c1-20-14-5-13(18)12(17)4-9(14)8-3-11(16)10(15)2-7(8)6-19/h2-5H. The molecule has 2 nitrogen and oxygen atoms in total. The summed E-state index contributed by atoms with van der Waals surface area (Å²) in [6.07, 6.45) is 0. The maximum atomic E-state index is 13.3. The molecule has 98 valence electrons. The number of hydrogen-bond acceptors (Lipinski definition) is 1. The number of hydrogen-bond donors (Lipinski definition) is 0. The second kappa shape index (κ2) is 5.02. The maximum Gasteiger partial charge on any atom is 0.198 e. The number of nitriles is 1. The van der Waals surface area contributed by atoms with E-state index in [1.807, 2.05) is 0 Å². The van der Waals surface area contributed by atoms with Crippen LogP contribution in [0.25, 0.3) is 16.0 Å². The molecule has 0 aliphatic heterocycles. The summed E-state index contributed by atoms with van der Waals surface area (Å²) < 4.78 is 52.7. The third-order valence-electron chi connectivity index (χ3n) is 2.63. The normalized spacial score (nSPS) is 9.90. The lowest BCUT2D eigenvalue weighted by molar-refractivity contribution is 0.507. The molecule has 0 aromatic heterocycles. The highest BCUT2D eigenvalue weighted by Crippen LogP contribution is 2.35. The monoisotopic (exact) mass is 276 g/mol. The largest absolute Gasteiger partial charge is 0.237 e. The van der Waals surface area contributed by atoms with Crippen molar-refractivity contribution in [3.63, 3.8) is 0 Å². The molecule has 2 aromatic carbocycles. The zero-order valence-electron chi connectivity index (χ0n) is 9.72. The second-order valence-electron chi connectivity index (χ2n) is 3.82. The van der Waals surface area contributed by atoms with Crippen LogP contribution in [0.15, 0.2) is 24.3 Å². The van der Waals surface area contributed by atoms with Crippen molar-refractivity contribution >= 4 is 5.69 Å². The molecule has 0 aliphatic carbocycles. The van der Waals surface area contributed by atoms with Gasteiger partial charge in [0.1, 0.15) is 5.82 Å². The van der Waals surface area contributed by atoms with Crippen LogP contribution in [0.5, 0.6) is 0 Å². The van der Waals surface area contributed by atoms with E-state index in [-0.39, 0.29) is 22.4 Å². The molecule has 0 saturated heterocycles. The number of nitrogens with zero attached hydrogens (tertiary/aromatic N) is 2. The van der Waals surface area contributed by atoms with Gasteiger partial charge in [0.15, 0.2) is 23.1 Å².